The molecule has 3 heterocycles. The van der Waals surface area contributed by atoms with Crippen molar-refractivity contribution >= 4 is 28.9 Å². The molecule has 3 aromatic rings. The summed E-state index contributed by atoms with van der Waals surface area (Å²) in [7, 11) is 1.34. The van der Waals surface area contributed by atoms with Crippen LogP contribution in [0, 0.1) is 0 Å². The van der Waals surface area contributed by atoms with Crippen LogP contribution in [0.5, 0.6) is 11.5 Å². The number of hydrogen-bond donors (Lipinski definition) is 0. The molecule has 0 spiro atoms. The van der Waals surface area contributed by atoms with E-state index in [2.05, 4.69) is 19.8 Å². The van der Waals surface area contributed by atoms with Crippen LogP contribution >= 0.6 is 11.8 Å². The Morgan fingerprint density at radius 3 is 2.38 bits per heavy atom. The second-order valence-corrected chi connectivity index (χ2v) is 11.3. The van der Waals surface area contributed by atoms with E-state index in [0.29, 0.717) is 21.7 Å². The fourth-order valence-corrected chi connectivity index (χ4v) is 5.82. The SMILES string of the molecule is COc1cc(C=C2SC(N3CCN(CCc4ccccn4)CC3)=NC2=O)ccc1OCc1ccc(C(F)(F)F)cc1C(F)(F)F. The Morgan fingerprint density at radius 2 is 1.71 bits per heavy atom. The zero-order valence-electron chi connectivity index (χ0n) is 24.0. The number of halogens is 6. The Kier molecular flexibility index (Phi) is 9.73. The van der Waals surface area contributed by atoms with Crippen molar-refractivity contribution in [2.24, 2.45) is 4.99 Å². The third kappa shape index (κ3) is 8.17. The molecule has 0 atom stereocenters. The predicted molar refractivity (Wildman–Crippen MR) is 158 cm³/mol. The van der Waals surface area contributed by atoms with Crippen molar-refractivity contribution in [1.29, 1.82) is 0 Å². The summed E-state index contributed by atoms with van der Waals surface area (Å²) in [4.78, 5) is 26.1. The van der Waals surface area contributed by atoms with Crippen LogP contribution in [0.15, 0.2) is 70.7 Å². The molecule has 0 bridgehead atoms. The minimum atomic E-state index is -5.01. The first-order valence-corrected chi connectivity index (χ1v) is 14.7. The van der Waals surface area contributed by atoms with Gasteiger partial charge in [-0.05, 0) is 59.8 Å². The summed E-state index contributed by atoms with van der Waals surface area (Å²) in [5.74, 6) is -0.131. The van der Waals surface area contributed by atoms with Gasteiger partial charge in [0.1, 0.15) is 6.61 Å². The molecule has 0 radical (unpaired) electrons. The molecule has 2 aromatic carbocycles. The Bertz CT molecular complexity index is 1590. The van der Waals surface area contributed by atoms with Crippen molar-refractivity contribution in [2.45, 2.75) is 25.4 Å². The molecule has 0 unspecified atom stereocenters. The number of benzene rings is 2. The zero-order valence-corrected chi connectivity index (χ0v) is 24.8. The van der Waals surface area contributed by atoms with E-state index in [4.69, 9.17) is 9.47 Å². The van der Waals surface area contributed by atoms with Crippen molar-refractivity contribution in [2.75, 3.05) is 39.8 Å². The second-order valence-electron chi connectivity index (χ2n) is 10.3. The molecule has 7 nitrogen and oxygen atoms in total. The summed E-state index contributed by atoms with van der Waals surface area (Å²) in [6.45, 7) is 3.35. The summed E-state index contributed by atoms with van der Waals surface area (Å²) < 4.78 is 90.4. The lowest BCUT2D eigenvalue weighted by molar-refractivity contribution is -0.143. The van der Waals surface area contributed by atoms with Crippen LogP contribution in [-0.4, -0.2) is 65.7 Å². The first-order valence-electron chi connectivity index (χ1n) is 13.9. The number of rotatable bonds is 8. The first-order chi connectivity index (χ1) is 21.4. The van der Waals surface area contributed by atoms with E-state index < -0.39 is 35.6 Å². The highest BCUT2D eigenvalue weighted by molar-refractivity contribution is 8.18. The van der Waals surface area contributed by atoms with Crippen molar-refractivity contribution in [1.82, 2.24) is 14.8 Å². The van der Waals surface area contributed by atoms with Crippen LogP contribution in [-0.2, 0) is 30.2 Å². The number of hydrogen-bond acceptors (Lipinski definition) is 7. The smallest absolute Gasteiger partial charge is 0.416 e. The van der Waals surface area contributed by atoms with Gasteiger partial charge >= 0.3 is 12.4 Å². The molecule has 238 valence electrons. The maximum atomic E-state index is 13.5. The molecule has 1 aromatic heterocycles. The van der Waals surface area contributed by atoms with E-state index in [9.17, 15) is 31.1 Å². The molecular formula is C31H28F6N4O3S. The van der Waals surface area contributed by atoms with Gasteiger partial charge in [0.05, 0.1) is 23.1 Å². The maximum absolute atomic E-state index is 13.5. The molecule has 2 aliphatic rings. The average Bonchev–Trinajstić information content (AvgIpc) is 3.38. The van der Waals surface area contributed by atoms with Crippen LogP contribution in [0.4, 0.5) is 26.3 Å². The van der Waals surface area contributed by atoms with Gasteiger partial charge in [0.25, 0.3) is 5.91 Å². The van der Waals surface area contributed by atoms with Crippen LogP contribution in [0.3, 0.4) is 0 Å². The van der Waals surface area contributed by atoms with Gasteiger partial charge < -0.3 is 14.4 Å². The standard InChI is InChI=1S/C31H28F6N4O3S/c1-43-26-16-20(5-8-25(26)44-19-21-6-7-22(30(32,33)34)18-24(21)31(35,36)37)17-27-28(42)39-29(45-27)41-14-12-40(13-15-41)11-9-23-4-2-3-10-38-23/h2-8,10,16-18H,9,11-15,19H2,1H3. The number of alkyl halides is 6. The molecule has 0 saturated carbocycles. The maximum Gasteiger partial charge on any atom is 0.416 e. The third-order valence-corrected chi connectivity index (χ3v) is 8.32. The number of carbonyl (C=O) groups excluding carboxylic acids is 1. The predicted octanol–water partition coefficient (Wildman–Crippen LogP) is 6.54. The van der Waals surface area contributed by atoms with Gasteiger partial charge in [-0.2, -0.15) is 31.3 Å². The number of amidine groups is 1. The topological polar surface area (TPSA) is 67.3 Å². The highest BCUT2D eigenvalue weighted by Crippen LogP contribution is 2.39. The van der Waals surface area contributed by atoms with Gasteiger partial charge in [-0.25, -0.2) is 0 Å². The molecule has 45 heavy (non-hydrogen) atoms. The van der Waals surface area contributed by atoms with Crippen LogP contribution < -0.4 is 9.47 Å². The summed E-state index contributed by atoms with van der Waals surface area (Å²) >= 11 is 1.26. The van der Waals surface area contributed by atoms with Crippen LogP contribution in [0.1, 0.15) is 27.9 Å². The highest BCUT2D eigenvalue weighted by Gasteiger charge is 2.38. The number of ether oxygens (including phenoxy) is 2. The largest absolute Gasteiger partial charge is 0.493 e. The number of aromatic nitrogens is 1. The number of piperazine rings is 1. The number of aliphatic imine (C=N–C) groups is 1. The summed E-state index contributed by atoms with van der Waals surface area (Å²) in [6.07, 6.45) is -5.66. The normalized spacial score (nSPS) is 17.1. The molecule has 0 N–H and O–H groups in total. The lowest BCUT2D eigenvalue weighted by Crippen LogP contribution is -2.48. The Labute approximate surface area is 259 Å². The van der Waals surface area contributed by atoms with Crippen LogP contribution in [0.2, 0.25) is 0 Å². The lowest BCUT2D eigenvalue weighted by Gasteiger charge is -2.35. The van der Waals surface area contributed by atoms with E-state index >= 15 is 0 Å². The Morgan fingerprint density at radius 1 is 0.933 bits per heavy atom. The summed E-state index contributed by atoms with van der Waals surface area (Å²) in [6, 6.07) is 11.9. The van der Waals surface area contributed by atoms with Gasteiger partial charge in [-0.3, -0.25) is 14.7 Å². The number of pyridine rings is 1. The minimum Gasteiger partial charge on any atom is -0.493 e. The summed E-state index contributed by atoms with van der Waals surface area (Å²) in [5, 5.41) is 0.625. The highest BCUT2D eigenvalue weighted by atomic mass is 32.2. The van der Waals surface area contributed by atoms with E-state index in [-0.39, 0.29) is 23.5 Å². The zero-order chi connectivity index (χ0) is 32.2. The Hall–Kier alpha value is -4.04. The molecule has 5 rings (SSSR count). The van der Waals surface area contributed by atoms with Gasteiger partial charge in [0, 0.05) is 56.6 Å². The molecule has 14 heteroatoms. The van der Waals surface area contributed by atoms with E-state index in [0.717, 1.165) is 50.9 Å². The minimum absolute atomic E-state index is 0.0709. The molecule has 1 saturated heterocycles. The fraction of sp³-hybridized carbons (Fsp3) is 0.323. The molecular weight excluding hydrogens is 622 g/mol. The Balaban J connectivity index is 1.20. The summed E-state index contributed by atoms with van der Waals surface area (Å²) in [5.41, 5.74) is -1.69. The molecule has 2 aliphatic heterocycles. The van der Waals surface area contributed by atoms with Gasteiger partial charge in [0.15, 0.2) is 16.7 Å². The van der Waals surface area contributed by atoms with Crippen molar-refractivity contribution in [3.05, 3.63) is 93.6 Å². The molecule has 1 amide bonds. The number of methoxy groups -OCH3 is 1. The van der Waals surface area contributed by atoms with Crippen molar-refractivity contribution in [3.8, 4) is 11.5 Å². The van der Waals surface area contributed by atoms with E-state index in [1.165, 1.54) is 24.9 Å². The lowest BCUT2D eigenvalue weighted by atomic mass is 10.0. The van der Waals surface area contributed by atoms with Gasteiger partial charge in [-0.1, -0.05) is 18.2 Å². The van der Waals surface area contributed by atoms with Crippen molar-refractivity contribution < 1.29 is 40.6 Å². The van der Waals surface area contributed by atoms with E-state index in [1.54, 1.807) is 24.4 Å². The van der Waals surface area contributed by atoms with Gasteiger partial charge in [-0.15, -0.1) is 0 Å². The number of amides is 1. The van der Waals surface area contributed by atoms with Gasteiger partial charge in [0.2, 0.25) is 0 Å². The van der Waals surface area contributed by atoms with Crippen molar-refractivity contribution in [3.63, 3.8) is 0 Å². The monoisotopic (exact) mass is 650 g/mol. The van der Waals surface area contributed by atoms with Crippen LogP contribution in [0.25, 0.3) is 6.08 Å². The number of nitrogens with zero attached hydrogens (tertiary/aromatic N) is 4. The quantitative estimate of drug-likeness (QED) is 0.203. The number of thioether (sulfide) groups is 1. The van der Waals surface area contributed by atoms with E-state index in [1.807, 2.05) is 18.2 Å². The first kappa shape index (κ1) is 32.4. The fourth-order valence-electron chi connectivity index (χ4n) is 4.86. The second kappa shape index (κ2) is 13.5. The molecule has 1 fully saturated rings. The average molecular weight is 651 g/mol. The number of carbonyl (C=O) groups is 1. The third-order valence-electron chi connectivity index (χ3n) is 7.27. The molecule has 0 aliphatic carbocycles.